The van der Waals surface area contributed by atoms with Gasteiger partial charge < -0.3 is 0 Å². The number of hydrogen-bond acceptors (Lipinski definition) is 2. The van der Waals surface area contributed by atoms with Gasteiger partial charge in [0.2, 0.25) is 5.91 Å². The van der Waals surface area contributed by atoms with Crippen LogP contribution in [0.15, 0.2) is 0 Å². The Balaban J connectivity index is 2.91. The molecule has 1 rings (SSSR count). The first-order valence-corrected chi connectivity index (χ1v) is 5.41. The van der Waals surface area contributed by atoms with Crippen molar-refractivity contribution in [1.82, 2.24) is 5.43 Å². The third-order valence-corrected chi connectivity index (χ3v) is 4.12. The molecular formula is C11H22N2O. The molecule has 0 bridgehead atoms. The van der Waals surface area contributed by atoms with E-state index in [-0.39, 0.29) is 17.2 Å². The number of carbonyl (C=O) groups is 1. The molecule has 14 heavy (non-hydrogen) atoms. The second-order valence-electron chi connectivity index (χ2n) is 5.26. The lowest BCUT2D eigenvalue weighted by atomic mass is 9.59. The maximum Gasteiger partial charge on any atom is 0.237 e. The standard InChI is InChI=1S/C11H22N2O/c1-7-5-6-8(2)11(3,4)9(7)10(14)13-12/h7-9H,5-6,12H2,1-4H3,(H,13,14). The quantitative estimate of drug-likeness (QED) is 0.382. The van der Waals surface area contributed by atoms with E-state index in [4.69, 9.17) is 5.84 Å². The van der Waals surface area contributed by atoms with Crippen molar-refractivity contribution in [2.75, 3.05) is 0 Å². The highest BCUT2D eigenvalue weighted by Gasteiger charge is 2.45. The number of amides is 1. The molecular weight excluding hydrogens is 176 g/mol. The zero-order chi connectivity index (χ0) is 10.9. The van der Waals surface area contributed by atoms with Crippen LogP contribution in [0, 0.1) is 23.2 Å². The summed E-state index contributed by atoms with van der Waals surface area (Å²) >= 11 is 0. The summed E-state index contributed by atoms with van der Waals surface area (Å²) in [5.74, 6) is 6.30. The van der Waals surface area contributed by atoms with Gasteiger partial charge in [-0.15, -0.1) is 0 Å². The van der Waals surface area contributed by atoms with Crippen LogP contribution in [0.4, 0.5) is 0 Å². The lowest BCUT2D eigenvalue weighted by Crippen LogP contribution is -2.50. The minimum absolute atomic E-state index is 0.00551. The second-order valence-corrected chi connectivity index (χ2v) is 5.26. The largest absolute Gasteiger partial charge is 0.294 e. The van der Waals surface area contributed by atoms with Crippen molar-refractivity contribution in [2.24, 2.45) is 29.0 Å². The molecule has 1 aliphatic carbocycles. The molecule has 1 aliphatic rings. The number of nitrogens with one attached hydrogen (secondary N) is 1. The van der Waals surface area contributed by atoms with E-state index >= 15 is 0 Å². The Morgan fingerprint density at radius 2 is 1.93 bits per heavy atom. The van der Waals surface area contributed by atoms with Crippen LogP contribution in [-0.2, 0) is 4.79 Å². The Morgan fingerprint density at radius 1 is 1.36 bits per heavy atom. The van der Waals surface area contributed by atoms with Crippen LogP contribution in [0.3, 0.4) is 0 Å². The number of hydrogen-bond donors (Lipinski definition) is 2. The van der Waals surface area contributed by atoms with Gasteiger partial charge in [0.05, 0.1) is 0 Å². The lowest BCUT2D eigenvalue weighted by molar-refractivity contribution is -0.135. The molecule has 3 unspecified atom stereocenters. The number of hydrazine groups is 1. The van der Waals surface area contributed by atoms with Gasteiger partial charge in [-0.25, -0.2) is 5.84 Å². The summed E-state index contributed by atoms with van der Waals surface area (Å²) in [6, 6.07) is 0. The zero-order valence-electron chi connectivity index (χ0n) is 9.63. The fourth-order valence-corrected chi connectivity index (χ4v) is 2.78. The van der Waals surface area contributed by atoms with Gasteiger partial charge in [0.15, 0.2) is 0 Å². The molecule has 0 spiro atoms. The summed E-state index contributed by atoms with van der Waals surface area (Å²) in [7, 11) is 0. The summed E-state index contributed by atoms with van der Waals surface area (Å²) in [5, 5.41) is 0. The van der Waals surface area contributed by atoms with Gasteiger partial charge >= 0.3 is 0 Å². The summed E-state index contributed by atoms with van der Waals surface area (Å²) in [6.07, 6.45) is 2.34. The van der Waals surface area contributed by atoms with Gasteiger partial charge in [0, 0.05) is 5.92 Å². The van der Waals surface area contributed by atoms with E-state index in [0.29, 0.717) is 11.8 Å². The van der Waals surface area contributed by atoms with Gasteiger partial charge in [-0.1, -0.05) is 27.7 Å². The highest BCUT2D eigenvalue weighted by Crippen LogP contribution is 2.47. The first kappa shape index (κ1) is 11.5. The molecule has 3 nitrogen and oxygen atoms in total. The molecule has 0 saturated heterocycles. The van der Waals surface area contributed by atoms with Gasteiger partial charge in [-0.05, 0) is 30.1 Å². The monoisotopic (exact) mass is 198 g/mol. The average Bonchev–Trinajstić information content (AvgIpc) is 2.11. The van der Waals surface area contributed by atoms with Gasteiger partial charge in [0.25, 0.3) is 0 Å². The molecule has 1 amide bonds. The molecule has 3 heteroatoms. The minimum atomic E-state index is -0.00551. The van der Waals surface area contributed by atoms with Gasteiger partial charge in [-0.2, -0.15) is 0 Å². The van der Waals surface area contributed by atoms with Crippen LogP contribution in [0.1, 0.15) is 40.5 Å². The molecule has 0 aromatic rings. The Kier molecular flexibility index (Phi) is 3.20. The molecule has 0 aromatic heterocycles. The van der Waals surface area contributed by atoms with E-state index in [9.17, 15) is 4.79 Å². The van der Waals surface area contributed by atoms with Crippen molar-refractivity contribution in [3.63, 3.8) is 0 Å². The van der Waals surface area contributed by atoms with Gasteiger partial charge in [-0.3, -0.25) is 10.2 Å². The summed E-state index contributed by atoms with van der Waals surface area (Å²) in [6.45, 7) is 8.72. The fourth-order valence-electron chi connectivity index (χ4n) is 2.78. The fraction of sp³-hybridized carbons (Fsp3) is 0.909. The number of nitrogens with two attached hydrogens (primary N) is 1. The molecule has 1 saturated carbocycles. The predicted molar refractivity (Wildman–Crippen MR) is 57.2 cm³/mol. The molecule has 3 N–H and O–H groups in total. The SMILES string of the molecule is CC1CCC(C)C(C)(C)C1C(=O)NN. The summed E-state index contributed by atoms with van der Waals surface area (Å²) in [5.41, 5.74) is 2.36. The Labute approximate surface area is 86.4 Å². The van der Waals surface area contributed by atoms with Crippen molar-refractivity contribution in [3.05, 3.63) is 0 Å². The highest BCUT2D eigenvalue weighted by molar-refractivity contribution is 5.79. The molecule has 1 fully saturated rings. The van der Waals surface area contributed by atoms with E-state index in [1.165, 1.54) is 6.42 Å². The van der Waals surface area contributed by atoms with E-state index < -0.39 is 0 Å². The maximum atomic E-state index is 11.7. The number of carbonyl (C=O) groups excluding carboxylic acids is 1. The summed E-state index contributed by atoms with van der Waals surface area (Å²) in [4.78, 5) is 11.7. The smallest absolute Gasteiger partial charge is 0.237 e. The lowest BCUT2D eigenvalue weighted by Gasteiger charge is -2.46. The van der Waals surface area contributed by atoms with Crippen molar-refractivity contribution in [3.8, 4) is 0 Å². The molecule has 0 aromatic carbocycles. The van der Waals surface area contributed by atoms with Crippen LogP contribution < -0.4 is 11.3 Å². The molecule has 0 aliphatic heterocycles. The van der Waals surface area contributed by atoms with Crippen LogP contribution in [0.2, 0.25) is 0 Å². The Morgan fingerprint density at radius 3 is 2.43 bits per heavy atom. The maximum absolute atomic E-state index is 11.7. The Bertz CT molecular complexity index is 225. The molecule has 82 valence electrons. The van der Waals surface area contributed by atoms with E-state index in [2.05, 4.69) is 33.1 Å². The normalized spacial score (nSPS) is 36.5. The van der Waals surface area contributed by atoms with Crippen molar-refractivity contribution in [1.29, 1.82) is 0 Å². The Hall–Kier alpha value is -0.570. The number of rotatable bonds is 1. The zero-order valence-corrected chi connectivity index (χ0v) is 9.63. The van der Waals surface area contributed by atoms with Crippen molar-refractivity contribution in [2.45, 2.75) is 40.5 Å². The molecule has 3 atom stereocenters. The first-order valence-electron chi connectivity index (χ1n) is 5.41. The van der Waals surface area contributed by atoms with E-state index in [1.807, 2.05) is 0 Å². The first-order chi connectivity index (χ1) is 6.41. The van der Waals surface area contributed by atoms with E-state index in [1.54, 1.807) is 0 Å². The van der Waals surface area contributed by atoms with Crippen LogP contribution in [0.5, 0.6) is 0 Å². The topological polar surface area (TPSA) is 55.1 Å². The second kappa shape index (κ2) is 3.89. The molecule has 0 heterocycles. The minimum Gasteiger partial charge on any atom is -0.294 e. The highest BCUT2D eigenvalue weighted by atomic mass is 16.2. The van der Waals surface area contributed by atoms with Crippen LogP contribution in [-0.4, -0.2) is 5.91 Å². The third-order valence-electron chi connectivity index (χ3n) is 4.12. The predicted octanol–water partition coefficient (Wildman–Crippen LogP) is 1.68. The van der Waals surface area contributed by atoms with E-state index in [0.717, 1.165) is 6.42 Å². The summed E-state index contributed by atoms with van der Waals surface area (Å²) < 4.78 is 0. The van der Waals surface area contributed by atoms with Crippen LogP contribution in [0.25, 0.3) is 0 Å². The average molecular weight is 198 g/mol. The van der Waals surface area contributed by atoms with Crippen molar-refractivity contribution < 1.29 is 4.79 Å². The van der Waals surface area contributed by atoms with Gasteiger partial charge in [0.1, 0.15) is 0 Å². The van der Waals surface area contributed by atoms with Crippen LogP contribution >= 0.6 is 0 Å². The molecule has 0 radical (unpaired) electrons. The third kappa shape index (κ3) is 1.78. The van der Waals surface area contributed by atoms with Crippen molar-refractivity contribution >= 4 is 5.91 Å².